The largest absolute Gasteiger partial charge is 0.379 e. The summed E-state index contributed by atoms with van der Waals surface area (Å²) in [6, 6.07) is 0. The van der Waals surface area contributed by atoms with E-state index < -0.39 is 0 Å². The highest BCUT2D eigenvalue weighted by Crippen LogP contribution is 2.19. The molecule has 0 saturated carbocycles. The molecule has 0 aromatic heterocycles. The number of rotatable bonds is 20. The molecule has 0 atom stereocenters. The van der Waals surface area contributed by atoms with Crippen molar-refractivity contribution in [2.45, 2.75) is 133 Å². The van der Waals surface area contributed by atoms with Crippen molar-refractivity contribution in [3.05, 3.63) is 118 Å². The first-order valence-electron chi connectivity index (χ1n) is 16.0. The summed E-state index contributed by atoms with van der Waals surface area (Å²) in [4.78, 5) is 0. The Morgan fingerprint density at radius 3 is 1.50 bits per heavy atom. The molecule has 234 valence electrons. The summed E-state index contributed by atoms with van der Waals surface area (Å²) in [5, 5.41) is 0. The van der Waals surface area contributed by atoms with Crippen LogP contribution in [0.1, 0.15) is 127 Å². The van der Waals surface area contributed by atoms with Gasteiger partial charge in [0, 0.05) is 7.11 Å². The first-order chi connectivity index (χ1) is 19.8. The van der Waals surface area contributed by atoms with Crippen molar-refractivity contribution in [3.8, 4) is 0 Å². The van der Waals surface area contributed by atoms with Crippen LogP contribution in [0.5, 0.6) is 0 Å². The average Bonchev–Trinajstić information content (AvgIpc) is 2.91. The molecule has 0 bridgehead atoms. The van der Waals surface area contributed by atoms with E-state index in [0.717, 1.165) is 51.4 Å². The van der Waals surface area contributed by atoms with Gasteiger partial charge in [-0.05, 0) is 127 Å². The van der Waals surface area contributed by atoms with Gasteiger partial charge in [-0.1, -0.05) is 118 Å². The van der Waals surface area contributed by atoms with Gasteiger partial charge in [-0.2, -0.15) is 0 Å². The highest BCUT2D eigenvalue weighted by molar-refractivity contribution is 5.30. The van der Waals surface area contributed by atoms with E-state index in [2.05, 4.69) is 148 Å². The molecule has 0 fully saturated rings. The van der Waals surface area contributed by atoms with Gasteiger partial charge >= 0.3 is 0 Å². The van der Waals surface area contributed by atoms with Crippen LogP contribution in [0.3, 0.4) is 0 Å². The number of hydrogen-bond donors (Lipinski definition) is 0. The standard InChI is InChI=1S/C41H64O/c1-34(2)20-14-23-37(5)26-17-29-38(6)27-15-24-35(3)21-12-13-22-36(4)25-16-28-39(7)30-18-31-40(8)32-19-33-41(9,10)42-11/h12-13,16,18,20-22,25-28,30-31H,14-15,17,19,23-24,29,32-33H2,1-11H3/b13-12+,25-16+,30-18+,35-21+,36-22+,37-26+,38-27+,39-28+,40-31+. The van der Waals surface area contributed by atoms with Gasteiger partial charge in [0.05, 0.1) is 5.60 Å². The summed E-state index contributed by atoms with van der Waals surface area (Å²) in [5.74, 6) is 0. The molecule has 0 aromatic carbocycles. The van der Waals surface area contributed by atoms with E-state index in [1.807, 2.05) is 0 Å². The zero-order valence-electron chi connectivity index (χ0n) is 29.3. The van der Waals surface area contributed by atoms with E-state index >= 15 is 0 Å². The minimum Gasteiger partial charge on any atom is -0.379 e. The highest BCUT2D eigenvalue weighted by atomic mass is 16.5. The Balaban J connectivity index is 4.48. The Morgan fingerprint density at radius 1 is 0.524 bits per heavy atom. The SMILES string of the molecule is COC(C)(C)CCC/C(C)=C/C=C/C(C)=C/C=C/C(C)=C/C=C/C=C(\C)CC/C=C(\C)CC/C=C(\C)CCC=C(C)C. The fourth-order valence-corrected chi connectivity index (χ4v) is 4.20. The Morgan fingerprint density at radius 2 is 0.952 bits per heavy atom. The Hall–Kier alpha value is -2.64. The zero-order valence-corrected chi connectivity index (χ0v) is 29.3. The maximum atomic E-state index is 5.51. The van der Waals surface area contributed by atoms with Gasteiger partial charge in [0.25, 0.3) is 0 Å². The van der Waals surface area contributed by atoms with E-state index in [9.17, 15) is 0 Å². The molecule has 0 aliphatic heterocycles. The average molecular weight is 573 g/mol. The van der Waals surface area contributed by atoms with Gasteiger partial charge in [0.1, 0.15) is 0 Å². The monoisotopic (exact) mass is 572 g/mol. The van der Waals surface area contributed by atoms with E-state index in [-0.39, 0.29) is 5.60 Å². The van der Waals surface area contributed by atoms with Crippen molar-refractivity contribution in [1.29, 1.82) is 0 Å². The van der Waals surface area contributed by atoms with Crippen LogP contribution in [-0.2, 0) is 4.74 Å². The van der Waals surface area contributed by atoms with Crippen molar-refractivity contribution in [2.24, 2.45) is 0 Å². The second-order valence-electron chi connectivity index (χ2n) is 12.8. The first kappa shape index (κ1) is 39.4. The fraction of sp³-hybridized carbons (Fsp3) is 0.512. The summed E-state index contributed by atoms with van der Waals surface area (Å²) in [6.45, 7) is 21.9. The van der Waals surface area contributed by atoms with Gasteiger partial charge in [-0.15, -0.1) is 0 Å². The van der Waals surface area contributed by atoms with Gasteiger partial charge in [-0.25, -0.2) is 0 Å². The number of ether oxygens (including phenoxy) is 1. The van der Waals surface area contributed by atoms with Gasteiger partial charge < -0.3 is 4.74 Å². The van der Waals surface area contributed by atoms with Crippen LogP contribution in [0.15, 0.2) is 118 Å². The molecule has 0 amide bonds. The van der Waals surface area contributed by atoms with Crippen LogP contribution < -0.4 is 0 Å². The Labute approximate surface area is 262 Å². The number of allylic oxidation sites excluding steroid dienone is 20. The highest BCUT2D eigenvalue weighted by Gasteiger charge is 2.14. The summed E-state index contributed by atoms with van der Waals surface area (Å²) < 4.78 is 5.51. The topological polar surface area (TPSA) is 9.23 Å². The van der Waals surface area contributed by atoms with Gasteiger partial charge in [-0.3, -0.25) is 0 Å². The molecule has 1 nitrogen and oxygen atoms in total. The molecular weight excluding hydrogens is 508 g/mol. The van der Waals surface area contributed by atoms with Crippen molar-refractivity contribution in [3.63, 3.8) is 0 Å². The minimum atomic E-state index is -0.0286. The third kappa shape index (κ3) is 25.1. The summed E-state index contributed by atoms with van der Waals surface area (Å²) in [7, 11) is 1.79. The second kappa shape index (κ2) is 23.9. The van der Waals surface area contributed by atoms with Crippen LogP contribution >= 0.6 is 0 Å². The van der Waals surface area contributed by atoms with Crippen LogP contribution in [-0.4, -0.2) is 12.7 Å². The molecule has 0 N–H and O–H groups in total. The lowest BCUT2D eigenvalue weighted by Crippen LogP contribution is -2.21. The molecule has 0 aromatic rings. The molecule has 0 aliphatic carbocycles. The Bertz CT molecular complexity index is 1070. The Kier molecular flexibility index (Phi) is 22.4. The third-order valence-corrected chi connectivity index (χ3v) is 7.37. The van der Waals surface area contributed by atoms with Crippen molar-refractivity contribution in [2.75, 3.05) is 7.11 Å². The van der Waals surface area contributed by atoms with E-state index in [0.29, 0.717) is 0 Å². The lowest BCUT2D eigenvalue weighted by molar-refractivity contribution is 0.0140. The lowest BCUT2D eigenvalue weighted by atomic mass is 9.99. The maximum Gasteiger partial charge on any atom is 0.0622 e. The third-order valence-electron chi connectivity index (χ3n) is 7.37. The first-order valence-corrected chi connectivity index (χ1v) is 16.0. The molecule has 0 radical (unpaired) electrons. The predicted molar refractivity (Wildman–Crippen MR) is 192 cm³/mol. The van der Waals surface area contributed by atoms with Crippen molar-refractivity contribution in [1.82, 2.24) is 0 Å². The van der Waals surface area contributed by atoms with Crippen LogP contribution in [0.25, 0.3) is 0 Å². The molecule has 0 rings (SSSR count). The smallest absolute Gasteiger partial charge is 0.0622 e. The predicted octanol–water partition coefficient (Wildman–Crippen LogP) is 13.2. The second-order valence-corrected chi connectivity index (χ2v) is 12.8. The summed E-state index contributed by atoms with van der Waals surface area (Å²) in [5.41, 5.74) is 9.70. The number of hydrogen-bond acceptors (Lipinski definition) is 1. The minimum absolute atomic E-state index is 0.0286. The normalized spacial score (nSPS) is 15.1. The van der Waals surface area contributed by atoms with E-state index in [1.165, 1.54) is 45.4 Å². The maximum absolute atomic E-state index is 5.51. The van der Waals surface area contributed by atoms with E-state index in [1.54, 1.807) is 7.11 Å². The molecule has 0 saturated heterocycles. The van der Waals surface area contributed by atoms with Crippen molar-refractivity contribution >= 4 is 0 Å². The summed E-state index contributed by atoms with van der Waals surface area (Å²) in [6.07, 6.45) is 39.0. The summed E-state index contributed by atoms with van der Waals surface area (Å²) >= 11 is 0. The van der Waals surface area contributed by atoms with Crippen molar-refractivity contribution < 1.29 is 4.74 Å². The quantitative estimate of drug-likeness (QED) is 0.104. The lowest BCUT2D eigenvalue weighted by Gasteiger charge is -2.22. The molecule has 42 heavy (non-hydrogen) atoms. The molecular formula is C41H64O. The van der Waals surface area contributed by atoms with Gasteiger partial charge in [0.15, 0.2) is 0 Å². The molecule has 0 aliphatic rings. The zero-order chi connectivity index (χ0) is 31.8. The fourth-order valence-electron chi connectivity index (χ4n) is 4.20. The van der Waals surface area contributed by atoms with E-state index in [4.69, 9.17) is 4.74 Å². The van der Waals surface area contributed by atoms with Crippen LogP contribution in [0, 0.1) is 0 Å². The molecule has 0 heterocycles. The number of methoxy groups -OCH3 is 1. The van der Waals surface area contributed by atoms with Crippen LogP contribution in [0.2, 0.25) is 0 Å². The van der Waals surface area contributed by atoms with Crippen LogP contribution in [0.4, 0.5) is 0 Å². The van der Waals surface area contributed by atoms with Gasteiger partial charge in [0.2, 0.25) is 0 Å². The molecule has 0 unspecified atom stereocenters. The molecule has 1 heteroatoms. The molecule has 0 spiro atoms.